The molecule has 1 aromatic carbocycles. The number of carbonyl (C=O) groups excluding carboxylic acids is 4. The molecule has 1 rings (SSSR count). The normalized spacial score (nSPS) is 14.0. The Kier molecular flexibility index (Phi) is 11.9. The summed E-state index contributed by atoms with van der Waals surface area (Å²) in [5, 5.41) is 16.0. The van der Waals surface area contributed by atoms with E-state index in [0.717, 1.165) is 6.42 Å². The number of carbonyl (C=O) groups is 4. The molecule has 0 aliphatic rings. The van der Waals surface area contributed by atoms with Crippen LogP contribution in [0.15, 0.2) is 24.3 Å². The summed E-state index contributed by atoms with van der Waals surface area (Å²) >= 11 is 0. The van der Waals surface area contributed by atoms with Crippen LogP contribution in [0, 0.1) is 5.92 Å². The fourth-order valence-electron chi connectivity index (χ4n) is 3.84. The molecule has 37 heavy (non-hydrogen) atoms. The largest absolute Gasteiger partial charge is 0.508 e. The first-order valence-electron chi connectivity index (χ1n) is 12.7. The van der Waals surface area contributed by atoms with Crippen molar-refractivity contribution in [3.8, 4) is 5.75 Å². The molecule has 0 aliphatic heterocycles. The number of phenolic OH excluding ortho intramolecular Hbond substituents is 1. The predicted molar refractivity (Wildman–Crippen MR) is 141 cm³/mol. The van der Waals surface area contributed by atoms with E-state index < -0.39 is 54.0 Å². The van der Waals surface area contributed by atoms with Gasteiger partial charge in [-0.25, -0.2) is 4.79 Å². The van der Waals surface area contributed by atoms with E-state index >= 15 is 0 Å². The predicted octanol–water partition coefficient (Wildman–Crippen LogP) is 3.38. The van der Waals surface area contributed by atoms with Gasteiger partial charge in [0.1, 0.15) is 23.4 Å². The number of nitrogens with one attached hydrogen (secondary N) is 2. The lowest BCUT2D eigenvalue weighted by Gasteiger charge is -2.39. The molecule has 0 radical (unpaired) electrons. The Labute approximate surface area is 220 Å². The highest BCUT2D eigenvalue weighted by molar-refractivity contribution is 5.95. The molecule has 208 valence electrons. The third-order valence-corrected chi connectivity index (χ3v) is 5.47. The number of hydrogen-bond donors (Lipinski definition) is 4. The smallest absolute Gasteiger partial charge is 0.408 e. The maximum absolute atomic E-state index is 14.1. The standard InChI is InChI=1S/C27H44N4O6/c1-16(2)13-14-18(5)31(23(24(34)29-17(3)4)19-11-9-10-12-21(19)32)25(35)20(15-22(28)33)30-26(36)37-27(6,7)8/h9-12,16-18,20,23,32H,13-15H2,1-8H3,(H2,28,33)(H,29,34)(H,30,36). The summed E-state index contributed by atoms with van der Waals surface area (Å²) in [5.41, 5.74) is 4.80. The highest BCUT2D eigenvalue weighted by atomic mass is 16.6. The highest BCUT2D eigenvalue weighted by Gasteiger charge is 2.40. The third-order valence-electron chi connectivity index (χ3n) is 5.47. The Hall–Kier alpha value is -3.30. The molecular formula is C27H44N4O6. The summed E-state index contributed by atoms with van der Waals surface area (Å²) in [5.74, 6) is -1.83. The summed E-state index contributed by atoms with van der Waals surface area (Å²) < 4.78 is 5.29. The number of primary amides is 1. The number of phenols is 1. The molecule has 0 saturated heterocycles. The van der Waals surface area contributed by atoms with E-state index in [9.17, 15) is 24.3 Å². The molecule has 10 nitrogen and oxygen atoms in total. The van der Waals surface area contributed by atoms with Gasteiger partial charge in [0.2, 0.25) is 17.7 Å². The van der Waals surface area contributed by atoms with Crippen LogP contribution in [-0.4, -0.2) is 57.5 Å². The van der Waals surface area contributed by atoms with Crippen LogP contribution in [0.1, 0.15) is 86.3 Å². The van der Waals surface area contributed by atoms with Crippen molar-refractivity contribution in [2.24, 2.45) is 11.7 Å². The summed E-state index contributed by atoms with van der Waals surface area (Å²) in [6.07, 6.45) is -0.0969. The van der Waals surface area contributed by atoms with Crippen molar-refractivity contribution in [1.29, 1.82) is 0 Å². The molecule has 0 fully saturated rings. The van der Waals surface area contributed by atoms with Crippen LogP contribution in [0.25, 0.3) is 0 Å². The molecular weight excluding hydrogens is 476 g/mol. The maximum Gasteiger partial charge on any atom is 0.408 e. The van der Waals surface area contributed by atoms with E-state index in [1.807, 2.05) is 13.8 Å². The van der Waals surface area contributed by atoms with Crippen LogP contribution < -0.4 is 16.4 Å². The molecule has 4 amide bonds. The van der Waals surface area contributed by atoms with Gasteiger partial charge in [0.15, 0.2) is 0 Å². The van der Waals surface area contributed by atoms with Gasteiger partial charge in [0.05, 0.1) is 6.42 Å². The molecule has 3 unspecified atom stereocenters. The van der Waals surface area contributed by atoms with Gasteiger partial charge in [0, 0.05) is 17.6 Å². The second kappa shape index (κ2) is 13.9. The average Bonchev–Trinajstić information content (AvgIpc) is 2.73. The van der Waals surface area contributed by atoms with E-state index in [1.165, 1.54) is 11.0 Å². The fourth-order valence-corrected chi connectivity index (χ4v) is 3.84. The Morgan fingerprint density at radius 2 is 1.59 bits per heavy atom. The van der Waals surface area contributed by atoms with E-state index in [-0.39, 0.29) is 17.4 Å². The number of amides is 4. The molecule has 0 heterocycles. The highest BCUT2D eigenvalue weighted by Crippen LogP contribution is 2.32. The maximum atomic E-state index is 14.1. The number of nitrogens with two attached hydrogens (primary N) is 1. The van der Waals surface area contributed by atoms with Gasteiger partial charge in [-0.15, -0.1) is 0 Å². The zero-order valence-electron chi connectivity index (χ0n) is 23.3. The van der Waals surface area contributed by atoms with Crippen molar-refractivity contribution in [2.75, 3.05) is 0 Å². The van der Waals surface area contributed by atoms with Crippen molar-refractivity contribution >= 4 is 23.8 Å². The van der Waals surface area contributed by atoms with Crippen molar-refractivity contribution in [2.45, 2.75) is 104 Å². The zero-order valence-corrected chi connectivity index (χ0v) is 23.3. The van der Waals surface area contributed by atoms with Gasteiger partial charge in [-0.3, -0.25) is 14.4 Å². The summed E-state index contributed by atoms with van der Waals surface area (Å²) in [7, 11) is 0. The van der Waals surface area contributed by atoms with Gasteiger partial charge < -0.3 is 31.1 Å². The fraction of sp³-hybridized carbons (Fsp3) is 0.630. The van der Waals surface area contributed by atoms with Crippen LogP contribution in [-0.2, 0) is 19.1 Å². The van der Waals surface area contributed by atoms with Crippen molar-refractivity contribution in [1.82, 2.24) is 15.5 Å². The number of rotatable bonds is 12. The van der Waals surface area contributed by atoms with Gasteiger partial charge >= 0.3 is 6.09 Å². The van der Waals surface area contributed by atoms with E-state index in [4.69, 9.17) is 10.5 Å². The van der Waals surface area contributed by atoms with Crippen molar-refractivity contribution in [3.63, 3.8) is 0 Å². The summed E-state index contributed by atoms with van der Waals surface area (Å²) in [4.78, 5) is 53.4. The van der Waals surface area contributed by atoms with Gasteiger partial charge in [-0.2, -0.15) is 0 Å². The third kappa shape index (κ3) is 10.7. The van der Waals surface area contributed by atoms with Crippen LogP contribution in [0.3, 0.4) is 0 Å². The molecule has 0 saturated carbocycles. The Morgan fingerprint density at radius 1 is 1.00 bits per heavy atom. The van der Waals surface area contributed by atoms with Crippen LogP contribution in [0.2, 0.25) is 0 Å². The second-order valence-electron chi connectivity index (χ2n) is 11.1. The van der Waals surface area contributed by atoms with Crippen molar-refractivity contribution in [3.05, 3.63) is 29.8 Å². The number of hydrogen-bond acceptors (Lipinski definition) is 6. The number of ether oxygens (including phenoxy) is 1. The van der Waals surface area contributed by atoms with Gasteiger partial charge in [0.25, 0.3) is 0 Å². The number of alkyl carbamates (subject to hydrolysis) is 1. The molecule has 0 bridgehead atoms. The minimum absolute atomic E-state index is 0.160. The molecule has 3 atom stereocenters. The Balaban J connectivity index is 3.64. The molecule has 0 spiro atoms. The van der Waals surface area contributed by atoms with Gasteiger partial charge in [-0.05, 0) is 66.4 Å². The first-order valence-corrected chi connectivity index (χ1v) is 12.7. The zero-order chi connectivity index (χ0) is 28.5. The number of benzene rings is 1. The van der Waals surface area contributed by atoms with E-state index in [0.29, 0.717) is 12.3 Å². The molecule has 10 heteroatoms. The van der Waals surface area contributed by atoms with Crippen LogP contribution >= 0.6 is 0 Å². The molecule has 0 aromatic heterocycles. The van der Waals surface area contributed by atoms with Gasteiger partial charge in [-0.1, -0.05) is 32.0 Å². The lowest BCUT2D eigenvalue weighted by atomic mass is 9.96. The van der Waals surface area contributed by atoms with E-state index in [2.05, 4.69) is 10.6 Å². The average molecular weight is 521 g/mol. The first kappa shape index (κ1) is 31.7. The SMILES string of the molecule is CC(C)CCC(C)N(C(=O)C(CC(N)=O)NC(=O)OC(C)(C)C)C(C(=O)NC(C)C)c1ccccc1O. The minimum Gasteiger partial charge on any atom is -0.508 e. The number of nitrogens with zero attached hydrogens (tertiary/aromatic N) is 1. The first-order chi connectivity index (χ1) is 17.0. The summed E-state index contributed by atoms with van der Waals surface area (Å²) in [6.45, 7) is 14.5. The summed E-state index contributed by atoms with van der Waals surface area (Å²) in [6, 6.07) is 2.93. The van der Waals surface area contributed by atoms with Crippen molar-refractivity contribution < 1.29 is 29.0 Å². The lowest BCUT2D eigenvalue weighted by molar-refractivity contribution is -0.146. The monoisotopic (exact) mass is 520 g/mol. The second-order valence-corrected chi connectivity index (χ2v) is 11.1. The van der Waals surface area contributed by atoms with Crippen LogP contribution in [0.5, 0.6) is 5.75 Å². The lowest BCUT2D eigenvalue weighted by Crippen LogP contribution is -2.56. The minimum atomic E-state index is -1.38. The molecule has 0 aliphatic carbocycles. The quantitative estimate of drug-likeness (QED) is 0.332. The molecule has 1 aromatic rings. The van der Waals surface area contributed by atoms with Crippen LogP contribution in [0.4, 0.5) is 4.79 Å². The Bertz CT molecular complexity index is 941. The number of aromatic hydroxyl groups is 1. The Morgan fingerprint density at radius 3 is 2.08 bits per heavy atom. The number of para-hydroxylation sites is 1. The van der Waals surface area contributed by atoms with E-state index in [1.54, 1.807) is 59.7 Å². The molecule has 5 N–H and O–H groups in total. The topological polar surface area (TPSA) is 151 Å².